The first-order valence-electron chi connectivity index (χ1n) is 8.88. The second-order valence-electron chi connectivity index (χ2n) is 6.36. The lowest BCUT2D eigenvalue weighted by Crippen LogP contribution is -2.30. The number of aromatic nitrogens is 1. The minimum atomic E-state index is -0.0532. The van der Waals surface area contributed by atoms with Crippen molar-refractivity contribution in [1.29, 1.82) is 0 Å². The lowest BCUT2D eigenvalue weighted by Gasteiger charge is -2.14. The summed E-state index contributed by atoms with van der Waals surface area (Å²) >= 11 is 6.76. The van der Waals surface area contributed by atoms with Crippen LogP contribution in [0.25, 0.3) is 17.0 Å². The van der Waals surface area contributed by atoms with Gasteiger partial charge in [0.15, 0.2) is 0 Å². The topological polar surface area (TPSA) is 42.4 Å². The average molecular weight is 407 g/mol. The Hall–Kier alpha value is -2.70. The monoisotopic (exact) mass is 406 g/mol. The number of thiocarbonyl (C=S) groups is 1. The molecule has 4 rings (SSSR count). The molecule has 1 aromatic heterocycles. The van der Waals surface area contributed by atoms with E-state index in [1.54, 1.807) is 12.0 Å². The van der Waals surface area contributed by atoms with Gasteiger partial charge < -0.3 is 4.74 Å². The van der Waals surface area contributed by atoms with E-state index in [-0.39, 0.29) is 5.91 Å². The Morgan fingerprint density at radius 2 is 1.96 bits per heavy atom. The van der Waals surface area contributed by atoms with Crippen LogP contribution < -0.4 is 4.74 Å². The number of pyridine rings is 1. The molecular formula is C22H18N2O2S2. The molecule has 1 aliphatic rings. The predicted octanol–water partition coefficient (Wildman–Crippen LogP) is 4.69. The molecule has 6 heteroatoms. The molecule has 0 saturated carbocycles. The van der Waals surface area contributed by atoms with Gasteiger partial charge in [-0.15, -0.1) is 0 Å². The molecule has 0 aliphatic carbocycles. The van der Waals surface area contributed by atoms with E-state index in [2.05, 4.69) is 17.1 Å². The number of carbonyl (C=O) groups excluding carboxylic acids is 1. The Kier molecular flexibility index (Phi) is 5.41. The van der Waals surface area contributed by atoms with Gasteiger partial charge in [-0.05, 0) is 42.3 Å². The van der Waals surface area contributed by atoms with Gasteiger partial charge >= 0.3 is 0 Å². The number of hydrogen-bond donors (Lipinski definition) is 0. The van der Waals surface area contributed by atoms with Gasteiger partial charge in [-0.3, -0.25) is 9.69 Å². The lowest BCUT2D eigenvalue weighted by atomic mass is 10.1. The van der Waals surface area contributed by atoms with E-state index in [9.17, 15) is 4.79 Å². The second kappa shape index (κ2) is 8.12. The number of ether oxygens (including phenoxy) is 1. The third-order valence-electron chi connectivity index (χ3n) is 4.54. The Labute approximate surface area is 173 Å². The number of carbonyl (C=O) groups is 1. The molecular weight excluding hydrogens is 388 g/mol. The molecule has 0 N–H and O–H groups in total. The van der Waals surface area contributed by atoms with E-state index in [1.165, 1.54) is 17.3 Å². The van der Waals surface area contributed by atoms with Crippen molar-refractivity contribution in [2.45, 2.75) is 6.42 Å². The maximum Gasteiger partial charge on any atom is 0.266 e. The predicted molar refractivity (Wildman–Crippen MR) is 118 cm³/mol. The summed E-state index contributed by atoms with van der Waals surface area (Å²) in [6.07, 6.45) is 2.59. The van der Waals surface area contributed by atoms with Gasteiger partial charge in [-0.2, -0.15) is 0 Å². The Balaban J connectivity index is 1.52. The highest BCUT2D eigenvalue weighted by Crippen LogP contribution is 2.32. The zero-order chi connectivity index (χ0) is 19.5. The van der Waals surface area contributed by atoms with Crippen LogP contribution in [0.3, 0.4) is 0 Å². The van der Waals surface area contributed by atoms with Crippen LogP contribution in [0.15, 0.2) is 65.6 Å². The number of fused-ring (bicyclic) bond motifs is 1. The number of nitrogens with zero attached hydrogens (tertiary/aromatic N) is 2. The van der Waals surface area contributed by atoms with Gasteiger partial charge in [0.1, 0.15) is 10.1 Å². The summed E-state index contributed by atoms with van der Waals surface area (Å²) in [7, 11) is 1.64. The van der Waals surface area contributed by atoms with Crippen molar-refractivity contribution >= 4 is 51.2 Å². The molecule has 1 aliphatic heterocycles. The van der Waals surface area contributed by atoms with Gasteiger partial charge in [0, 0.05) is 11.9 Å². The number of hydrogen-bond acceptors (Lipinski definition) is 5. The fraction of sp³-hybridized carbons (Fsp3) is 0.136. The fourth-order valence-electron chi connectivity index (χ4n) is 3.04. The van der Waals surface area contributed by atoms with Crippen LogP contribution in [-0.2, 0) is 11.2 Å². The van der Waals surface area contributed by atoms with Gasteiger partial charge in [0.25, 0.3) is 5.91 Å². The molecule has 28 heavy (non-hydrogen) atoms. The summed E-state index contributed by atoms with van der Waals surface area (Å²) in [6.45, 7) is 0.580. The molecule has 2 aromatic carbocycles. The summed E-state index contributed by atoms with van der Waals surface area (Å²) in [4.78, 5) is 19.7. The maximum atomic E-state index is 12.8. The van der Waals surface area contributed by atoms with Crippen molar-refractivity contribution in [1.82, 2.24) is 9.88 Å². The average Bonchev–Trinajstić information content (AvgIpc) is 2.99. The molecule has 4 nitrogen and oxygen atoms in total. The van der Waals surface area contributed by atoms with Crippen molar-refractivity contribution in [2.24, 2.45) is 0 Å². The standard InChI is InChI=1S/C22H18N2O2S2/c1-26-18-9-10-19-16(13-18)7-8-17(23-19)14-20-21(25)24(22(27)28-20)12-11-15-5-3-2-4-6-15/h2-10,13-14H,11-12H2,1H3/b20-14+. The summed E-state index contributed by atoms with van der Waals surface area (Å²) in [5.41, 5.74) is 2.78. The smallest absolute Gasteiger partial charge is 0.266 e. The summed E-state index contributed by atoms with van der Waals surface area (Å²) in [6, 6.07) is 19.7. The van der Waals surface area contributed by atoms with Crippen molar-refractivity contribution < 1.29 is 9.53 Å². The maximum absolute atomic E-state index is 12.8. The highest BCUT2D eigenvalue weighted by molar-refractivity contribution is 8.26. The molecule has 0 radical (unpaired) electrons. The molecule has 2 heterocycles. The first-order valence-corrected chi connectivity index (χ1v) is 10.1. The molecule has 0 spiro atoms. The molecule has 0 atom stereocenters. The van der Waals surface area contributed by atoms with Crippen LogP contribution in [0.1, 0.15) is 11.3 Å². The third-order valence-corrected chi connectivity index (χ3v) is 5.92. The number of methoxy groups -OCH3 is 1. The second-order valence-corrected chi connectivity index (χ2v) is 8.04. The van der Waals surface area contributed by atoms with Crippen LogP contribution in [0.4, 0.5) is 0 Å². The van der Waals surface area contributed by atoms with E-state index < -0.39 is 0 Å². The van der Waals surface area contributed by atoms with E-state index in [4.69, 9.17) is 17.0 Å². The van der Waals surface area contributed by atoms with Crippen LogP contribution in [0.2, 0.25) is 0 Å². The molecule has 1 fully saturated rings. The highest BCUT2D eigenvalue weighted by Gasteiger charge is 2.31. The molecule has 3 aromatic rings. The molecule has 0 unspecified atom stereocenters. The van der Waals surface area contributed by atoms with Crippen LogP contribution in [-0.4, -0.2) is 33.8 Å². The van der Waals surface area contributed by atoms with Crippen LogP contribution >= 0.6 is 24.0 Å². The Bertz CT molecular complexity index is 1080. The largest absolute Gasteiger partial charge is 0.497 e. The minimum Gasteiger partial charge on any atom is -0.497 e. The number of rotatable bonds is 5. The molecule has 1 amide bonds. The number of benzene rings is 2. The lowest BCUT2D eigenvalue weighted by molar-refractivity contribution is -0.122. The van der Waals surface area contributed by atoms with Crippen molar-refractivity contribution in [3.8, 4) is 5.75 Å². The van der Waals surface area contributed by atoms with Crippen molar-refractivity contribution in [2.75, 3.05) is 13.7 Å². The van der Waals surface area contributed by atoms with Crippen molar-refractivity contribution in [3.63, 3.8) is 0 Å². The van der Waals surface area contributed by atoms with E-state index >= 15 is 0 Å². The molecule has 1 saturated heterocycles. The van der Waals surface area contributed by atoms with Gasteiger partial charge in [-0.25, -0.2) is 4.98 Å². The zero-order valence-electron chi connectivity index (χ0n) is 15.3. The summed E-state index contributed by atoms with van der Waals surface area (Å²) in [5, 5.41) is 0.993. The van der Waals surface area contributed by atoms with Gasteiger partial charge in [0.2, 0.25) is 0 Å². The fourth-order valence-corrected chi connectivity index (χ4v) is 4.33. The number of thioether (sulfide) groups is 1. The summed E-state index contributed by atoms with van der Waals surface area (Å²) in [5.74, 6) is 0.740. The van der Waals surface area contributed by atoms with E-state index in [0.717, 1.165) is 28.8 Å². The Morgan fingerprint density at radius 1 is 1.14 bits per heavy atom. The van der Waals surface area contributed by atoms with Gasteiger partial charge in [0.05, 0.1) is 23.2 Å². The first kappa shape index (κ1) is 18.7. The first-order chi connectivity index (χ1) is 13.6. The summed E-state index contributed by atoms with van der Waals surface area (Å²) < 4.78 is 5.84. The van der Waals surface area contributed by atoms with E-state index in [0.29, 0.717) is 15.8 Å². The third kappa shape index (κ3) is 3.93. The minimum absolute atomic E-state index is 0.0532. The molecule has 140 valence electrons. The van der Waals surface area contributed by atoms with Gasteiger partial charge in [-0.1, -0.05) is 60.4 Å². The van der Waals surface area contributed by atoms with Crippen molar-refractivity contribution in [3.05, 3.63) is 76.8 Å². The van der Waals surface area contributed by atoms with Crippen LogP contribution in [0.5, 0.6) is 5.75 Å². The molecule has 0 bridgehead atoms. The SMILES string of the molecule is COc1ccc2nc(/C=C3/SC(=S)N(CCc4ccccc4)C3=O)ccc2c1. The Morgan fingerprint density at radius 3 is 2.75 bits per heavy atom. The number of amides is 1. The normalized spacial score (nSPS) is 15.6. The highest BCUT2D eigenvalue weighted by atomic mass is 32.2. The van der Waals surface area contributed by atoms with E-state index in [1.807, 2.05) is 54.6 Å². The van der Waals surface area contributed by atoms with Crippen LogP contribution in [0, 0.1) is 0 Å². The quantitative estimate of drug-likeness (QED) is 0.454. The zero-order valence-corrected chi connectivity index (χ0v) is 16.9.